The number of ether oxygens (including phenoxy) is 1. The molecule has 0 unspecified atom stereocenters. The molecule has 0 saturated carbocycles. The largest absolute Gasteiger partial charge is 0.485 e. The molecule has 7 nitrogen and oxygen atoms in total. The first-order chi connectivity index (χ1) is 19.2. The van der Waals surface area contributed by atoms with E-state index < -0.39 is 0 Å². The Hall–Kier alpha value is -4.78. The van der Waals surface area contributed by atoms with Gasteiger partial charge in [-0.2, -0.15) is 0 Å². The lowest BCUT2D eigenvalue weighted by Crippen LogP contribution is -2.17. The van der Waals surface area contributed by atoms with Crippen molar-refractivity contribution < 1.29 is 9.53 Å². The van der Waals surface area contributed by atoms with Crippen molar-refractivity contribution in [3.05, 3.63) is 96.8 Å². The van der Waals surface area contributed by atoms with Crippen LogP contribution in [0, 0.1) is 0 Å². The molecule has 194 valence electrons. The predicted molar refractivity (Wildman–Crippen MR) is 155 cm³/mol. The Balaban J connectivity index is 1.19. The van der Waals surface area contributed by atoms with Gasteiger partial charge in [0, 0.05) is 54.7 Å². The number of nitrogens with one attached hydrogen (secondary N) is 1. The van der Waals surface area contributed by atoms with Crippen molar-refractivity contribution in [3.8, 4) is 28.3 Å². The smallest absolute Gasteiger partial charge is 0.200 e. The number of carbonyl (C=O) groups excluding carboxylic acids is 1. The Kier molecular flexibility index (Phi) is 6.87. The number of anilines is 2. The molecule has 0 radical (unpaired) electrons. The highest BCUT2D eigenvalue weighted by molar-refractivity contribution is 5.97. The van der Waals surface area contributed by atoms with E-state index in [1.54, 1.807) is 12.4 Å². The van der Waals surface area contributed by atoms with Gasteiger partial charge in [0.1, 0.15) is 11.6 Å². The number of hydrogen-bond donors (Lipinski definition) is 1. The Morgan fingerprint density at radius 3 is 2.46 bits per heavy atom. The Labute approximate surface area is 227 Å². The molecule has 2 aromatic heterocycles. The number of carbonyl (C=O) groups is 1. The third-order valence-corrected chi connectivity index (χ3v) is 7.05. The van der Waals surface area contributed by atoms with E-state index in [1.165, 1.54) is 18.5 Å². The minimum atomic E-state index is -0.0423. The molecule has 0 bridgehead atoms. The molecule has 1 aliphatic heterocycles. The topological polar surface area (TPSA) is 80.2 Å². The van der Waals surface area contributed by atoms with E-state index in [4.69, 9.17) is 14.7 Å². The lowest BCUT2D eigenvalue weighted by atomic mass is 10.0. The van der Waals surface area contributed by atoms with Gasteiger partial charge in [-0.05, 0) is 84.6 Å². The summed E-state index contributed by atoms with van der Waals surface area (Å²) in [6.07, 6.45) is 5.94. The highest BCUT2D eigenvalue weighted by Crippen LogP contribution is 2.31. The van der Waals surface area contributed by atoms with Gasteiger partial charge in [0.2, 0.25) is 0 Å². The van der Waals surface area contributed by atoms with Crippen LogP contribution in [0.1, 0.15) is 23.2 Å². The van der Waals surface area contributed by atoms with Crippen LogP contribution >= 0.6 is 0 Å². The van der Waals surface area contributed by atoms with Crippen molar-refractivity contribution in [1.82, 2.24) is 15.0 Å². The Bertz CT molecular complexity index is 1610. The molecular formula is C32H29N5O2. The van der Waals surface area contributed by atoms with E-state index in [2.05, 4.69) is 21.3 Å². The second-order valence-electron chi connectivity index (χ2n) is 9.60. The first-order valence-corrected chi connectivity index (χ1v) is 13.2. The van der Waals surface area contributed by atoms with Gasteiger partial charge in [-0.1, -0.05) is 18.2 Å². The number of nitrogens with zero attached hydrogens (tertiary/aromatic N) is 4. The Morgan fingerprint density at radius 2 is 1.69 bits per heavy atom. The molecule has 0 atom stereocenters. The van der Waals surface area contributed by atoms with Gasteiger partial charge in [-0.3, -0.25) is 9.78 Å². The summed E-state index contributed by atoms with van der Waals surface area (Å²) in [7, 11) is 1.85. The fourth-order valence-corrected chi connectivity index (χ4v) is 4.95. The maximum absolute atomic E-state index is 12.8. The van der Waals surface area contributed by atoms with Crippen LogP contribution < -0.4 is 15.0 Å². The zero-order valence-corrected chi connectivity index (χ0v) is 21.8. The molecular weight excluding hydrogens is 486 g/mol. The summed E-state index contributed by atoms with van der Waals surface area (Å²) < 4.78 is 5.91. The highest BCUT2D eigenvalue weighted by atomic mass is 16.5. The van der Waals surface area contributed by atoms with E-state index in [-0.39, 0.29) is 12.4 Å². The van der Waals surface area contributed by atoms with E-state index in [9.17, 15) is 4.79 Å². The third-order valence-electron chi connectivity index (χ3n) is 7.05. The minimum absolute atomic E-state index is 0.0148. The van der Waals surface area contributed by atoms with Crippen molar-refractivity contribution in [3.63, 3.8) is 0 Å². The standard InChI is InChI=1S/C32H29N5O2/c1-33-32-28-19-24(11-14-29(28)35-31(36-32)25-7-5-15-34-20-25)23-6-4-8-27(18-23)39-21-30(38)22-9-12-26(13-10-22)37-16-2-3-17-37/h4-15,18-20H,2-3,16-17,21H2,1H3,(H,33,35,36). The summed E-state index contributed by atoms with van der Waals surface area (Å²) in [5.74, 6) is 1.97. The first-order valence-electron chi connectivity index (χ1n) is 13.2. The number of hydrogen-bond acceptors (Lipinski definition) is 7. The van der Waals surface area contributed by atoms with Gasteiger partial charge in [-0.25, -0.2) is 9.97 Å². The molecule has 0 aliphatic carbocycles. The normalized spacial score (nSPS) is 13.0. The zero-order valence-electron chi connectivity index (χ0n) is 21.8. The van der Waals surface area contributed by atoms with Gasteiger partial charge in [0.15, 0.2) is 18.2 Å². The summed E-state index contributed by atoms with van der Waals surface area (Å²) in [5, 5.41) is 4.12. The average molecular weight is 516 g/mol. The van der Waals surface area contributed by atoms with Crippen LogP contribution in [-0.2, 0) is 0 Å². The fraction of sp³-hybridized carbons (Fsp3) is 0.188. The summed E-state index contributed by atoms with van der Waals surface area (Å²) in [5.41, 5.74) is 5.52. The summed E-state index contributed by atoms with van der Waals surface area (Å²) >= 11 is 0. The number of aromatic nitrogens is 3. The summed E-state index contributed by atoms with van der Waals surface area (Å²) in [6, 6.07) is 25.6. The van der Waals surface area contributed by atoms with Crippen molar-refractivity contribution in [2.24, 2.45) is 0 Å². The molecule has 1 fully saturated rings. The van der Waals surface area contributed by atoms with Crippen molar-refractivity contribution in [2.75, 3.05) is 37.0 Å². The van der Waals surface area contributed by atoms with Crippen LogP contribution in [0.5, 0.6) is 5.75 Å². The zero-order chi connectivity index (χ0) is 26.6. The third kappa shape index (κ3) is 5.29. The monoisotopic (exact) mass is 515 g/mol. The quantitative estimate of drug-likeness (QED) is 0.244. The second kappa shape index (κ2) is 10.9. The highest BCUT2D eigenvalue weighted by Gasteiger charge is 2.14. The van der Waals surface area contributed by atoms with Crippen LogP contribution in [0.2, 0.25) is 0 Å². The molecule has 0 spiro atoms. The number of Topliss-reactive ketones (excluding diaryl/α,β-unsaturated/α-hetero) is 1. The van der Waals surface area contributed by atoms with Crippen molar-refractivity contribution in [2.45, 2.75) is 12.8 Å². The van der Waals surface area contributed by atoms with E-state index in [0.717, 1.165) is 46.5 Å². The van der Waals surface area contributed by atoms with E-state index in [0.29, 0.717) is 17.1 Å². The fourth-order valence-electron chi connectivity index (χ4n) is 4.95. The van der Waals surface area contributed by atoms with Crippen molar-refractivity contribution >= 4 is 28.2 Å². The van der Waals surface area contributed by atoms with Gasteiger partial charge < -0.3 is 15.0 Å². The number of ketones is 1. The molecule has 39 heavy (non-hydrogen) atoms. The molecule has 7 heteroatoms. The summed E-state index contributed by atoms with van der Waals surface area (Å²) in [6.45, 7) is 2.15. The van der Waals surface area contributed by atoms with Crippen LogP contribution in [-0.4, -0.2) is 47.5 Å². The molecule has 1 saturated heterocycles. The van der Waals surface area contributed by atoms with Crippen molar-refractivity contribution in [1.29, 1.82) is 0 Å². The molecule has 5 aromatic rings. The minimum Gasteiger partial charge on any atom is -0.485 e. The van der Waals surface area contributed by atoms with Crippen LogP contribution in [0.15, 0.2) is 91.3 Å². The average Bonchev–Trinajstić information content (AvgIpc) is 3.55. The maximum Gasteiger partial charge on any atom is 0.200 e. The van der Waals surface area contributed by atoms with Gasteiger partial charge in [-0.15, -0.1) is 0 Å². The number of rotatable bonds is 8. The van der Waals surface area contributed by atoms with Gasteiger partial charge in [0.25, 0.3) is 0 Å². The maximum atomic E-state index is 12.8. The first kappa shape index (κ1) is 24.6. The Morgan fingerprint density at radius 1 is 0.897 bits per heavy atom. The van der Waals surface area contributed by atoms with Crippen LogP contribution in [0.25, 0.3) is 33.4 Å². The molecule has 3 aromatic carbocycles. The number of fused-ring (bicyclic) bond motifs is 1. The predicted octanol–water partition coefficient (Wildman–Crippen LogP) is 6.26. The molecule has 3 heterocycles. The second-order valence-corrected chi connectivity index (χ2v) is 9.60. The van der Waals surface area contributed by atoms with Gasteiger partial charge in [0.05, 0.1) is 5.52 Å². The lowest BCUT2D eigenvalue weighted by Gasteiger charge is -2.17. The number of pyridine rings is 1. The SMILES string of the molecule is CNc1nc(-c2cccnc2)nc2ccc(-c3cccc(OCC(=O)c4ccc(N5CCCC5)cc4)c3)cc12. The van der Waals surface area contributed by atoms with E-state index >= 15 is 0 Å². The van der Waals surface area contributed by atoms with Crippen LogP contribution in [0.3, 0.4) is 0 Å². The number of benzene rings is 3. The molecule has 1 N–H and O–H groups in total. The molecule has 6 rings (SSSR count). The molecule has 1 aliphatic rings. The summed E-state index contributed by atoms with van der Waals surface area (Å²) in [4.78, 5) is 28.8. The molecule has 0 amide bonds. The van der Waals surface area contributed by atoms with E-state index in [1.807, 2.05) is 79.8 Å². The lowest BCUT2D eigenvalue weighted by molar-refractivity contribution is 0.0921. The van der Waals surface area contributed by atoms with Gasteiger partial charge >= 0.3 is 0 Å². The van der Waals surface area contributed by atoms with Crippen LogP contribution in [0.4, 0.5) is 11.5 Å².